The summed E-state index contributed by atoms with van der Waals surface area (Å²) in [5.74, 6) is -6.06. The molecule has 3 aromatic carbocycles. The highest BCUT2D eigenvalue weighted by atomic mass is 19.2. The minimum Gasteiger partial charge on any atom is -0.493 e. The maximum Gasteiger partial charge on any atom is 0.194 e. The fourth-order valence-electron chi connectivity index (χ4n) is 3.67. The molecular weight excluding hydrogens is 535 g/mol. The average Bonchev–Trinajstić information content (AvgIpc) is 2.89. The van der Waals surface area contributed by atoms with E-state index >= 15 is 0 Å². The monoisotopic (exact) mass is 564 g/mol. The predicted octanol–water partition coefficient (Wildman–Crippen LogP) is 4.11. The van der Waals surface area contributed by atoms with E-state index in [2.05, 4.69) is 9.98 Å². The van der Waals surface area contributed by atoms with Crippen LogP contribution in [0.15, 0.2) is 46.4 Å². The Balaban J connectivity index is 2.13. The largest absolute Gasteiger partial charge is 0.493 e. The van der Waals surface area contributed by atoms with Gasteiger partial charge < -0.3 is 32.4 Å². The molecule has 0 unspecified atom stereocenters. The molecule has 8 N–H and O–H groups in total. The van der Waals surface area contributed by atoms with Crippen LogP contribution in [-0.2, 0) is 0 Å². The lowest BCUT2D eigenvalue weighted by Crippen LogP contribution is -2.23. The van der Waals surface area contributed by atoms with Crippen LogP contribution in [0.1, 0.15) is 18.4 Å². The Hall–Kier alpha value is -4.55. The molecule has 0 saturated heterocycles. The Kier molecular flexibility index (Phi) is 10.1. The van der Waals surface area contributed by atoms with Crippen molar-refractivity contribution in [1.29, 1.82) is 0 Å². The molecule has 0 bridgehead atoms. The van der Waals surface area contributed by atoms with Gasteiger partial charge in [0.1, 0.15) is 23.1 Å². The molecule has 0 amide bonds. The number of hydrogen-bond donors (Lipinski definition) is 4. The average molecular weight is 565 g/mol. The van der Waals surface area contributed by atoms with Crippen molar-refractivity contribution >= 4 is 11.9 Å². The van der Waals surface area contributed by atoms with Crippen molar-refractivity contribution in [3.63, 3.8) is 0 Å². The summed E-state index contributed by atoms with van der Waals surface area (Å²) in [5, 5.41) is 0. The van der Waals surface area contributed by atoms with Gasteiger partial charge in [-0.25, -0.2) is 22.0 Å². The van der Waals surface area contributed by atoms with Crippen molar-refractivity contribution in [3.8, 4) is 33.8 Å². The molecule has 3 rings (SSSR count). The summed E-state index contributed by atoms with van der Waals surface area (Å²) in [7, 11) is 0. The van der Waals surface area contributed by atoms with Gasteiger partial charge in [0.2, 0.25) is 0 Å². The van der Waals surface area contributed by atoms with E-state index < -0.39 is 29.1 Å². The number of benzene rings is 3. The lowest BCUT2D eigenvalue weighted by molar-refractivity contribution is 0.299. The highest BCUT2D eigenvalue weighted by Gasteiger charge is 2.20. The van der Waals surface area contributed by atoms with E-state index in [1.807, 2.05) is 0 Å². The summed E-state index contributed by atoms with van der Waals surface area (Å²) >= 11 is 0. The first kappa shape index (κ1) is 30.0. The summed E-state index contributed by atoms with van der Waals surface area (Å²) < 4.78 is 82.9. The first-order valence-corrected chi connectivity index (χ1v) is 12.1. The molecule has 0 saturated carbocycles. The number of hydrogen-bond acceptors (Lipinski definition) is 4. The highest BCUT2D eigenvalue weighted by Crippen LogP contribution is 2.42. The van der Waals surface area contributed by atoms with Gasteiger partial charge >= 0.3 is 0 Å². The van der Waals surface area contributed by atoms with E-state index in [9.17, 15) is 22.0 Å². The topological polar surface area (TPSA) is 147 Å². The van der Waals surface area contributed by atoms with Gasteiger partial charge in [0.05, 0.1) is 13.2 Å². The Bertz CT molecular complexity index is 1270. The number of rotatable bonds is 12. The number of aliphatic imine (C=N–C) groups is 2. The van der Waals surface area contributed by atoms with Crippen LogP contribution in [0.5, 0.6) is 11.5 Å². The SMILES string of the molecule is Cc1c(F)cc(-c2cc(-c3cc(F)c(F)c(F)c3)c(OCCCN=C(N)N)cc2OCCCN=C(N)N)cc1F. The molecule has 0 spiro atoms. The van der Waals surface area contributed by atoms with Gasteiger partial charge in [-0.3, -0.25) is 9.98 Å². The third-order valence-electron chi connectivity index (χ3n) is 5.68. The minimum absolute atomic E-state index is 0.0764. The molecule has 13 heteroatoms. The second-order valence-electron chi connectivity index (χ2n) is 8.68. The van der Waals surface area contributed by atoms with Crippen LogP contribution < -0.4 is 32.4 Å². The zero-order valence-electron chi connectivity index (χ0n) is 21.6. The lowest BCUT2D eigenvalue weighted by atomic mass is 9.96. The molecule has 0 aromatic heterocycles. The maximum absolute atomic E-state index is 14.5. The molecule has 0 fully saturated rings. The smallest absolute Gasteiger partial charge is 0.194 e. The third kappa shape index (κ3) is 7.74. The van der Waals surface area contributed by atoms with Crippen LogP contribution in [0.25, 0.3) is 22.3 Å². The number of guanidine groups is 2. The fourth-order valence-corrected chi connectivity index (χ4v) is 3.67. The van der Waals surface area contributed by atoms with E-state index in [1.165, 1.54) is 19.1 Å². The molecule has 0 atom stereocenters. The van der Waals surface area contributed by atoms with Gasteiger partial charge in [-0.15, -0.1) is 0 Å². The predicted molar refractivity (Wildman–Crippen MR) is 143 cm³/mol. The van der Waals surface area contributed by atoms with Crippen LogP contribution in [0, 0.1) is 36.0 Å². The van der Waals surface area contributed by atoms with Crippen LogP contribution in [0.2, 0.25) is 0 Å². The first-order chi connectivity index (χ1) is 19.0. The molecule has 0 heterocycles. The van der Waals surface area contributed by atoms with Crippen molar-refractivity contribution in [2.75, 3.05) is 26.3 Å². The molecule has 0 aliphatic heterocycles. The molecule has 0 radical (unpaired) electrons. The minimum atomic E-state index is -1.65. The lowest BCUT2D eigenvalue weighted by Gasteiger charge is -2.19. The summed E-state index contributed by atoms with van der Waals surface area (Å²) in [5.41, 5.74) is 21.4. The Morgan fingerprint density at radius 2 is 1.02 bits per heavy atom. The van der Waals surface area contributed by atoms with Crippen LogP contribution in [0.3, 0.4) is 0 Å². The molecular formula is C27H29F5N6O2. The summed E-state index contributed by atoms with van der Waals surface area (Å²) in [6.07, 6.45) is 0.757. The van der Waals surface area contributed by atoms with E-state index in [0.29, 0.717) is 12.8 Å². The number of nitrogens with two attached hydrogens (primary N) is 4. The van der Waals surface area contributed by atoms with Crippen molar-refractivity contribution in [1.82, 2.24) is 0 Å². The Labute approximate surface area is 227 Å². The van der Waals surface area contributed by atoms with Crippen molar-refractivity contribution in [2.24, 2.45) is 32.9 Å². The molecule has 40 heavy (non-hydrogen) atoms. The van der Waals surface area contributed by atoms with Gasteiger partial charge in [-0.05, 0) is 48.4 Å². The van der Waals surface area contributed by atoms with Gasteiger partial charge in [0.15, 0.2) is 29.4 Å². The van der Waals surface area contributed by atoms with Gasteiger partial charge in [-0.1, -0.05) is 0 Å². The Morgan fingerprint density at radius 3 is 1.43 bits per heavy atom. The zero-order valence-corrected chi connectivity index (χ0v) is 21.6. The summed E-state index contributed by atoms with van der Waals surface area (Å²) in [4.78, 5) is 7.73. The van der Waals surface area contributed by atoms with E-state index in [1.54, 1.807) is 0 Å². The van der Waals surface area contributed by atoms with Crippen LogP contribution in [0.4, 0.5) is 22.0 Å². The van der Waals surface area contributed by atoms with Gasteiger partial charge in [0, 0.05) is 48.7 Å². The van der Waals surface area contributed by atoms with Crippen molar-refractivity contribution < 1.29 is 31.4 Å². The third-order valence-corrected chi connectivity index (χ3v) is 5.68. The quantitative estimate of drug-likeness (QED) is 0.0856. The van der Waals surface area contributed by atoms with E-state index in [0.717, 1.165) is 24.3 Å². The normalized spacial score (nSPS) is 10.8. The second-order valence-corrected chi connectivity index (χ2v) is 8.68. The van der Waals surface area contributed by atoms with Crippen LogP contribution >= 0.6 is 0 Å². The maximum atomic E-state index is 14.5. The Morgan fingerprint density at radius 1 is 0.625 bits per heavy atom. The molecule has 0 aliphatic rings. The summed E-state index contributed by atoms with van der Waals surface area (Å²) in [6.45, 7) is 1.96. The van der Waals surface area contributed by atoms with E-state index in [4.69, 9.17) is 32.4 Å². The standard InChI is InChI=1S/C27H29F5N6O2/c1-14-19(28)8-15(9-20(14)29)17-12-18(16-10-21(30)25(32)22(31)11-16)24(40-7-3-5-38-27(35)36)13-23(17)39-6-2-4-37-26(33)34/h8-13H,2-7H2,1H3,(H4,33,34,37)(H4,35,36,38). The number of ether oxygens (including phenoxy) is 2. The molecule has 8 nitrogen and oxygen atoms in total. The van der Waals surface area contributed by atoms with Crippen molar-refractivity contribution in [2.45, 2.75) is 19.8 Å². The van der Waals surface area contributed by atoms with Crippen LogP contribution in [-0.4, -0.2) is 38.2 Å². The second kappa shape index (κ2) is 13.5. The molecule has 214 valence electrons. The van der Waals surface area contributed by atoms with Crippen molar-refractivity contribution in [3.05, 3.63) is 71.0 Å². The number of halogens is 5. The highest BCUT2D eigenvalue weighted by molar-refractivity contribution is 5.82. The zero-order chi connectivity index (χ0) is 29.4. The first-order valence-electron chi connectivity index (χ1n) is 12.1. The van der Waals surface area contributed by atoms with Gasteiger partial charge in [0.25, 0.3) is 0 Å². The molecule has 0 aliphatic carbocycles. The fraction of sp³-hybridized carbons (Fsp3) is 0.259. The van der Waals surface area contributed by atoms with E-state index in [-0.39, 0.29) is 77.5 Å². The van der Waals surface area contributed by atoms with Gasteiger partial charge in [-0.2, -0.15) is 0 Å². The summed E-state index contributed by atoms with van der Waals surface area (Å²) in [6, 6.07) is 6.59. The molecule has 3 aromatic rings. The number of nitrogens with zero attached hydrogens (tertiary/aromatic N) is 2.